The zero-order chi connectivity index (χ0) is 24.9. The molecule has 0 aliphatic rings. The van der Waals surface area contributed by atoms with E-state index in [0.717, 1.165) is 0 Å². The number of primary amides is 1. The first-order valence-electron chi connectivity index (χ1n) is 9.74. The predicted octanol–water partition coefficient (Wildman–Crippen LogP) is 5.22. The van der Waals surface area contributed by atoms with E-state index in [1.807, 2.05) is 0 Å². The van der Waals surface area contributed by atoms with Crippen LogP contribution in [0.2, 0.25) is 5.02 Å². The Labute approximate surface area is 197 Å². The van der Waals surface area contributed by atoms with Gasteiger partial charge >= 0.3 is 6.18 Å². The third-order valence-corrected chi connectivity index (χ3v) is 4.88. The fourth-order valence-corrected chi connectivity index (χ4v) is 3.01. The number of nitrogens with zero attached hydrogens (tertiary/aromatic N) is 1. The molecule has 3 aromatic carbocycles. The highest BCUT2D eigenvalue weighted by Gasteiger charge is 2.31. The predicted molar refractivity (Wildman–Crippen MR) is 125 cm³/mol. The molecule has 0 aliphatic heterocycles. The molecule has 10 heteroatoms. The third kappa shape index (κ3) is 6.23. The van der Waals surface area contributed by atoms with Gasteiger partial charge in [0.2, 0.25) is 5.91 Å². The fraction of sp³-hybridized carbons (Fsp3) is 0.0417. The van der Waals surface area contributed by atoms with Crippen molar-refractivity contribution in [2.24, 2.45) is 16.5 Å². The molecule has 6 nitrogen and oxygen atoms in total. The molecule has 34 heavy (non-hydrogen) atoms. The number of allylic oxidation sites excluding steroid dienone is 2. The molecule has 3 aromatic rings. The van der Waals surface area contributed by atoms with E-state index >= 15 is 0 Å². The summed E-state index contributed by atoms with van der Waals surface area (Å²) >= 11 is 6.09. The molecule has 0 atom stereocenters. The number of hydrogen-bond acceptors (Lipinski definition) is 4. The molecule has 0 aliphatic carbocycles. The zero-order valence-corrected chi connectivity index (χ0v) is 18.2. The number of rotatable bonds is 6. The van der Waals surface area contributed by atoms with Crippen molar-refractivity contribution in [3.8, 4) is 0 Å². The van der Waals surface area contributed by atoms with E-state index in [2.05, 4.69) is 10.3 Å². The number of aliphatic imine (C=N–C) groups is 1. The lowest BCUT2D eigenvalue weighted by Crippen LogP contribution is -2.21. The summed E-state index contributed by atoms with van der Waals surface area (Å²) in [4.78, 5) is 28.1. The highest BCUT2D eigenvalue weighted by Crippen LogP contribution is 2.27. The van der Waals surface area contributed by atoms with Crippen LogP contribution >= 0.6 is 11.6 Å². The van der Waals surface area contributed by atoms with Crippen molar-refractivity contribution in [1.29, 1.82) is 0 Å². The number of nitrogens with two attached hydrogens (primary N) is 2. The van der Waals surface area contributed by atoms with Gasteiger partial charge in [-0.3, -0.25) is 9.59 Å². The van der Waals surface area contributed by atoms with Crippen LogP contribution in [0.25, 0.3) is 0 Å². The third-order valence-electron chi connectivity index (χ3n) is 4.56. The quantitative estimate of drug-likeness (QED) is 0.415. The number of halogens is 4. The van der Waals surface area contributed by atoms with Gasteiger partial charge in [-0.05, 0) is 48.5 Å². The van der Waals surface area contributed by atoms with Crippen molar-refractivity contribution in [2.45, 2.75) is 6.18 Å². The lowest BCUT2D eigenvalue weighted by molar-refractivity contribution is -0.0925. The summed E-state index contributed by atoms with van der Waals surface area (Å²) in [6.07, 6.45) is -4.05. The first-order valence-corrected chi connectivity index (χ1v) is 10.1. The number of amides is 2. The van der Waals surface area contributed by atoms with Crippen LogP contribution in [0.5, 0.6) is 0 Å². The number of benzene rings is 3. The minimum absolute atomic E-state index is 0.0935. The van der Waals surface area contributed by atoms with Crippen molar-refractivity contribution >= 4 is 40.5 Å². The molecule has 0 aromatic heterocycles. The number of anilines is 1. The second kappa shape index (κ2) is 10.2. The van der Waals surface area contributed by atoms with Crippen LogP contribution in [0.3, 0.4) is 0 Å². The number of carbonyl (C=O) groups is 2. The molecule has 0 fully saturated rings. The largest absolute Gasteiger partial charge is 0.430 e. The van der Waals surface area contributed by atoms with E-state index in [-0.39, 0.29) is 33.1 Å². The smallest absolute Gasteiger partial charge is 0.395 e. The zero-order valence-electron chi connectivity index (χ0n) is 17.4. The minimum atomic E-state index is -4.75. The molecule has 0 bridgehead atoms. The highest BCUT2D eigenvalue weighted by atomic mass is 35.5. The van der Waals surface area contributed by atoms with Gasteiger partial charge in [-0.2, -0.15) is 13.2 Å². The van der Waals surface area contributed by atoms with Crippen LogP contribution in [0.1, 0.15) is 26.3 Å². The summed E-state index contributed by atoms with van der Waals surface area (Å²) in [5.41, 5.74) is 10.3. The van der Waals surface area contributed by atoms with Crippen LogP contribution in [0, 0.1) is 0 Å². The first kappa shape index (κ1) is 24.5. The summed E-state index contributed by atoms with van der Waals surface area (Å²) in [6.45, 7) is 0. The van der Waals surface area contributed by atoms with E-state index in [4.69, 9.17) is 23.1 Å². The number of para-hydroxylation sites is 1. The second-order valence-corrected chi connectivity index (χ2v) is 7.43. The van der Waals surface area contributed by atoms with Crippen molar-refractivity contribution < 1.29 is 22.8 Å². The minimum Gasteiger partial charge on any atom is -0.395 e. The van der Waals surface area contributed by atoms with Crippen molar-refractivity contribution in [2.75, 3.05) is 5.32 Å². The molecule has 3 rings (SSSR count). The van der Waals surface area contributed by atoms with Crippen LogP contribution < -0.4 is 16.8 Å². The van der Waals surface area contributed by atoms with E-state index in [9.17, 15) is 22.8 Å². The van der Waals surface area contributed by atoms with Crippen LogP contribution in [-0.4, -0.2) is 23.7 Å². The molecule has 0 unspecified atom stereocenters. The van der Waals surface area contributed by atoms with Crippen LogP contribution in [-0.2, 0) is 0 Å². The molecule has 0 saturated carbocycles. The maximum absolute atomic E-state index is 13.0. The molecular weight excluding hydrogens is 469 g/mol. The Morgan fingerprint density at radius 1 is 0.882 bits per heavy atom. The Morgan fingerprint density at radius 2 is 1.53 bits per heavy atom. The van der Waals surface area contributed by atoms with E-state index in [1.54, 1.807) is 36.4 Å². The standard InChI is InChI=1S/C24H18ClF3N4O2/c25-18-6-1-2-7-19(18)32-20(13-21(29)24(26,27)28)14-8-10-15(11-9-14)23(34)31-17-5-3-4-16(12-17)22(30)33/h1-13H,29H2,(H2,30,33)(H,31,34)/b21-13-,32-20?. The van der Waals surface area contributed by atoms with Gasteiger partial charge in [0.1, 0.15) is 5.70 Å². The Hall–Kier alpha value is -4.11. The Kier molecular flexibility index (Phi) is 7.37. The lowest BCUT2D eigenvalue weighted by atomic mass is 10.1. The van der Waals surface area contributed by atoms with Crippen LogP contribution in [0.4, 0.5) is 24.5 Å². The molecular formula is C24H18ClF3N4O2. The number of carbonyl (C=O) groups excluding carboxylic acids is 2. The SMILES string of the molecule is NC(=O)c1cccc(NC(=O)c2ccc(C(/C=C(\N)C(F)(F)F)=Nc3ccccc3Cl)cc2)c1. The lowest BCUT2D eigenvalue weighted by Gasteiger charge is -2.10. The van der Waals surface area contributed by atoms with E-state index in [0.29, 0.717) is 11.8 Å². The summed E-state index contributed by atoms with van der Waals surface area (Å²) in [5, 5.41) is 2.87. The van der Waals surface area contributed by atoms with Gasteiger partial charge < -0.3 is 16.8 Å². The maximum atomic E-state index is 13.0. The van der Waals surface area contributed by atoms with Gasteiger partial charge in [0.15, 0.2) is 0 Å². The summed E-state index contributed by atoms with van der Waals surface area (Å²) in [6, 6.07) is 18.2. The fourth-order valence-electron chi connectivity index (χ4n) is 2.83. The summed E-state index contributed by atoms with van der Waals surface area (Å²) in [5.74, 6) is -1.14. The molecule has 0 heterocycles. The normalized spacial score (nSPS) is 12.4. The average Bonchev–Trinajstić information content (AvgIpc) is 2.79. The average molecular weight is 487 g/mol. The molecule has 0 radical (unpaired) electrons. The number of nitrogens with one attached hydrogen (secondary N) is 1. The Balaban J connectivity index is 1.92. The van der Waals surface area contributed by atoms with Gasteiger partial charge in [-0.1, -0.05) is 41.9 Å². The number of hydrogen-bond donors (Lipinski definition) is 3. The topological polar surface area (TPSA) is 111 Å². The highest BCUT2D eigenvalue weighted by molar-refractivity contribution is 6.33. The van der Waals surface area contributed by atoms with Gasteiger partial charge in [0.05, 0.1) is 16.4 Å². The van der Waals surface area contributed by atoms with Crippen molar-refractivity contribution in [3.63, 3.8) is 0 Å². The van der Waals surface area contributed by atoms with Gasteiger partial charge in [-0.15, -0.1) is 0 Å². The maximum Gasteiger partial charge on any atom is 0.430 e. The van der Waals surface area contributed by atoms with E-state index in [1.165, 1.54) is 36.4 Å². The van der Waals surface area contributed by atoms with Crippen molar-refractivity contribution in [1.82, 2.24) is 0 Å². The van der Waals surface area contributed by atoms with Gasteiger partial charge in [0.25, 0.3) is 5.91 Å². The van der Waals surface area contributed by atoms with Crippen LogP contribution in [0.15, 0.2) is 89.6 Å². The number of alkyl halides is 3. The molecule has 2 amide bonds. The van der Waals surface area contributed by atoms with Gasteiger partial charge in [0, 0.05) is 22.4 Å². The Morgan fingerprint density at radius 3 is 2.15 bits per heavy atom. The Bertz CT molecular complexity index is 1290. The second-order valence-electron chi connectivity index (χ2n) is 7.02. The summed E-state index contributed by atoms with van der Waals surface area (Å²) < 4.78 is 39.1. The molecule has 0 saturated heterocycles. The first-order chi connectivity index (χ1) is 16.0. The summed E-state index contributed by atoms with van der Waals surface area (Å²) in [7, 11) is 0. The monoisotopic (exact) mass is 486 g/mol. The van der Waals surface area contributed by atoms with E-state index < -0.39 is 23.7 Å². The molecule has 5 N–H and O–H groups in total. The van der Waals surface area contributed by atoms with Crippen molar-refractivity contribution in [3.05, 3.63) is 106 Å². The molecule has 0 spiro atoms. The van der Waals surface area contributed by atoms with Gasteiger partial charge in [-0.25, -0.2) is 4.99 Å². The molecule has 174 valence electrons.